The van der Waals surface area contributed by atoms with Crippen molar-refractivity contribution in [2.75, 3.05) is 19.0 Å². The van der Waals surface area contributed by atoms with Crippen molar-refractivity contribution in [2.24, 2.45) is 0 Å². The predicted octanol–water partition coefficient (Wildman–Crippen LogP) is 2.61. The molecule has 0 amide bonds. The number of hydrogen-bond donors (Lipinski definition) is 0. The van der Waals surface area contributed by atoms with Crippen LogP contribution in [0.15, 0.2) is 30.5 Å². The van der Waals surface area contributed by atoms with Gasteiger partial charge in [-0.05, 0) is 30.7 Å². The van der Waals surface area contributed by atoms with Crippen LogP contribution in [0.1, 0.15) is 5.56 Å². The molecule has 0 fully saturated rings. The van der Waals surface area contributed by atoms with Crippen LogP contribution in [0.4, 0.5) is 5.69 Å². The lowest BCUT2D eigenvalue weighted by molar-refractivity contribution is 1.13. The van der Waals surface area contributed by atoms with Crippen LogP contribution in [0, 0.1) is 6.92 Å². The summed E-state index contributed by atoms with van der Waals surface area (Å²) in [6.45, 7) is 2.06. The summed E-state index contributed by atoms with van der Waals surface area (Å²) in [4.78, 5) is 6.48. The standard InChI is InChI=1S/C12H14N2/c1-9-6-10-4-5-11(14(2)3)7-12(10)13-8-9/h4-8H,1-3H3. The lowest BCUT2D eigenvalue weighted by atomic mass is 10.1. The molecule has 0 bridgehead atoms. The molecule has 1 aromatic heterocycles. The summed E-state index contributed by atoms with van der Waals surface area (Å²) in [5, 5.41) is 1.20. The Labute approximate surface area is 84.2 Å². The molecule has 0 unspecified atom stereocenters. The molecular weight excluding hydrogens is 172 g/mol. The molecule has 0 atom stereocenters. The highest BCUT2D eigenvalue weighted by Crippen LogP contribution is 2.19. The molecule has 0 N–H and O–H groups in total. The van der Waals surface area contributed by atoms with Crippen molar-refractivity contribution in [3.05, 3.63) is 36.0 Å². The highest BCUT2D eigenvalue weighted by Gasteiger charge is 1.98. The summed E-state index contributed by atoms with van der Waals surface area (Å²) < 4.78 is 0. The van der Waals surface area contributed by atoms with Crippen LogP contribution in [0.5, 0.6) is 0 Å². The highest BCUT2D eigenvalue weighted by atomic mass is 15.1. The van der Waals surface area contributed by atoms with Gasteiger partial charge in [-0.25, -0.2) is 0 Å². The Balaban J connectivity index is 2.62. The Morgan fingerprint density at radius 2 is 1.93 bits per heavy atom. The second kappa shape index (κ2) is 3.29. The number of rotatable bonds is 1. The van der Waals surface area contributed by atoms with Crippen molar-refractivity contribution in [3.63, 3.8) is 0 Å². The molecule has 2 aromatic rings. The minimum absolute atomic E-state index is 1.06. The molecular formula is C12H14N2. The van der Waals surface area contributed by atoms with E-state index in [0.717, 1.165) is 5.52 Å². The van der Waals surface area contributed by atoms with E-state index in [1.54, 1.807) is 0 Å². The fraction of sp³-hybridized carbons (Fsp3) is 0.250. The van der Waals surface area contributed by atoms with E-state index in [1.807, 2.05) is 20.3 Å². The second-order valence-electron chi connectivity index (χ2n) is 3.78. The zero-order valence-corrected chi connectivity index (χ0v) is 8.78. The average Bonchev–Trinajstić information content (AvgIpc) is 2.16. The summed E-state index contributed by atoms with van der Waals surface area (Å²) in [5.74, 6) is 0. The molecule has 14 heavy (non-hydrogen) atoms. The Morgan fingerprint density at radius 3 is 2.64 bits per heavy atom. The van der Waals surface area contributed by atoms with E-state index < -0.39 is 0 Å². The monoisotopic (exact) mass is 186 g/mol. The van der Waals surface area contributed by atoms with Crippen LogP contribution >= 0.6 is 0 Å². The number of benzene rings is 1. The van der Waals surface area contributed by atoms with Crippen molar-refractivity contribution in [3.8, 4) is 0 Å². The molecule has 72 valence electrons. The minimum atomic E-state index is 1.06. The van der Waals surface area contributed by atoms with Gasteiger partial charge >= 0.3 is 0 Å². The molecule has 2 heteroatoms. The third-order valence-electron chi connectivity index (χ3n) is 2.32. The van der Waals surface area contributed by atoms with Crippen molar-refractivity contribution < 1.29 is 0 Å². The molecule has 0 aliphatic rings. The molecule has 0 radical (unpaired) electrons. The van der Waals surface area contributed by atoms with Crippen molar-refractivity contribution >= 4 is 16.6 Å². The topological polar surface area (TPSA) is 16.1 Å². The van der Waals surface area contributed by atoms with Gasteiger partial charge in [0.25, 0.3) is 0 Å². The van der Waals surface area contributed by atoms with E-state index in [-0.39, 0.29) is 0 Å². The van der Waals surface area contributed by atoms with Gasteiger partial charge in [0, 0.05) is 31.4 Å². The molecule has 2 nitrogen and oxygen atoms in total. The lowest BCUT2D eigenvalue weighted by Gasteiger charge is -2.12. The maximum absolute atomic E-state index is 4.40. The Hall–Kier alpha value is -1.57. The molecule has 1 aromatic carbocycles. The first-order valence-corrected chi connectivity index (χ1v) is 4.70. The Kier molecular flexibility index (Phi) is 2.12. The zero-order valence-electron chi connectivity index (χ0n) is 8.78. The van der Waals surface area contributed by atoms with Gasteiger partial charge in [0.05, 0.1) is 5.52 Å². The molecule has 0 aliphatic heterocycles. The summed E-state index contributed by atoms with van der Waals surface area (Å²) in [5.41, 5.74) is 3.45. The largest absolute Gasteiger partial charge is 0.378 e. The van der Waals surface area contributed by atoms with Gasteiger partial charge < -0.3 is 4.90 Å². The van der Waals surface area contributed by atoms with Crippen molar-refractivity contribution in [1.29, 1.82) is 0 Å². The third-order valence-corrected chi connectivity index (χ3v) is 2.32. The Morgan fingerprint density at radius 1 is 1.14 bits per heavy atom. The molecule has 0 saturated carbocycles. The number of aromatic nitrogens is 1. The minimum Gasteiger partial charge on any atom is -0.378 e. The lowest BCUT2D eigenvalue weighted by Crippen LogP contribution is -2.08. The highest BCUT2D eigenvalue weighted by molar-refractivity contribution is 5.82. The molecule has 0 aliphatic carbocycles. The van der Waals surface area contributed by atoms with E-state index in [0.29, 0.717) is 0 Å². The van der Waals surface area contributed by atoms with Crippen LogP contribution < -0.4 is 4.90 Å². The van der Waals surface area contributed by atoms with E-state index in [1.165, 1.54) is 16.6 Å². The van der Waals surface area contributed by atoms with E-state index >= 15 is 0 Å². The zero-order chi connectivity index (χ0) is 10.1. The van der Waals surface area contributed by atoms with Gasteiger partial charge in [-0.1, -0.05) is 6.07 Å². The molecule has 1 heterocycles. The fourth-order valence-corrected chi connectivity index (χ4v) is 1.50. The Bertz CT molecular complexity index is 461. The smallest absolute Gasteiger partial charge is 0.0722 e. The number of fused-ring (bicyclic) bond motifs is 1. The third kappa shape index (κ3) is 1.55. The van der Waals surface area contributed by atoms with Gasteiger partial charge in [0.1, 0.15) is 0 Å². The van der Waals surface area contributed by atoms with E-state index in [9.17, 15) is 0 Å². The first-order chi connectivity index (χ1) is 6.66. The molecule has 2 rings (SSSR count). The normalized spacial score (nSPS) is 10.5. The van der Waals surface area contributed by atoms with E-state index in [4.69, 9.17) is 0 Å². The number of nitrogens with zero attached hydrogens (tertiary/aromatic N) is 2. The number of pyridine rings is 1. The van der Waals surface area contributed by atoms with Crippen LogP contribution in [-0.2, 0) is 0 Å². The van der Waals surface area contributed by atoms with Crippen LogP contribution in [0.2, 0.25) is 0 Å². The molecule has 0 spiro atoms. The van der Waals surface area contributed by atoms with Gasteiger partial charge in [-0.3, -0.25) is 4.98 Å². The van der Waals surface area contributed by atoms with E-state index in [2.05, 4.69) is 41.1 Å². The predicted molar refractivity (Wildman–Crippen MR) is 60.8 cm³/mol. The maximum Gasteiger partial charge on any atom is 0.0722 e. The van der Waals surface area contributed by atoms with Crippen molar-refractivity contribution in [2.45, 2.75) is 6.92 Å². The fourth-order valence-electron chi connectivity index (χ4n) is 1.50. The number of hydrogen-bond acceptors (Lipinski definition) is 2. The quantitative estimate of drug-likeness (QED) is 0.680. The summed E-state index contributed by atoms with van der Waals surface area (Å²) in [6, 6.07) is 8.49. The number of anilines is 1. The number of aryl methyl sites for hydroxylation is 1. The van der Waals surface area contributed by atoms with Crippen LogP contribution in [-0.4, -0.2) is 19.1 Å². The van der Waals surface area contributed by atoms with Gasteiger partial charge in [-0.15, -0.1) is 0 Å². The van der Waals surface area contributed by atoms with Crippen LogP contribution in [0.25, 0.3) is 10.9 Å². The van der Waals surface area contributed by atoms with Crippen LogP contribution in [0.3, 0.4) is 0 Å². The maximum atomic E-state index is 4.40. The van der Waals surface area contributed by atoms with Gasteiger partial charge in [0.15, 0.2) is 0 Å². The average molecular weight is 186 g/mol. The first kappa shape index (κ1) is 9.00. The van der Waals surface area contributed by atoms with Gasteiger partial charge in [0.2, 0.25) is 0 Å². The van der Waals surface area contributed by atoms with Gasteiger partial charge in [-0.2, -0.15) is 0 Å². The molecule has 0 saturated heterocycles. The SMILES string of the molecule is Cc1cnc2cc(N(C)C)ccc2c1. The summed E-state index contributed by atoms with van der Waals surface area (Å²) >= 11 is 0. The van der Waals surface area contributed by atoms with Crippen molar-refractivity contribution in [1.82, 2.24) is 4.98 Å². The summed E-state index contributed by atoms with van der Waals surface area (Å²) in [7, 11) is 4.07. The summed E-state index contributed by atoms with van der Waals surface area (Å²) in [6.07, 6.45) is 1.90. The second-order valence-corrected chi connectivity index (χ2v) is 3.78. The first-order valence-electron chi connectivity index (χ1n) is 4.70.